The Bertz CT molecular complexity index is 702. The molecule has 0 fully saturated rings. The van der Waals surface area contributed by atoms with Gasteiger partial charge in [0.05, 0.1) is 10.8 Å². The summed E-state index contributed by atoms with van der Waals surface area (Å²) in [5, 5.41) is 9.63. The molecular formula is C14H10ClN3OS. The fraction of sp³-hybridized carbons (Fsp3) is 0.0714. The Hall–Kier alpha value is -1.85. The van der Waals surface area contributed by atoms with E-state index in [0.717, 1.165) is 10.6 Å². The molecule has 0 radical (unpaired) electrons. The predicted octanol–water partition coefficient (Wildman–Crippen LogP) is 4.08. The van der Waals surface area contributed by atoms with Crippen molar-refractivity contribution in [2.24, 2.45) is 0 Å². The van der Waals surface area contributed by atoms with Crippen molar-refractivity contribution in [3.05, 3.63) is 59.6 Å². The molecule has 2 aromatic heterocycles. The molecule has 3 aromatic rings. The summed E-state index contributed by atoms with van der Waals surface area (Å²) in [4.78, 5) is 4.23. The lowest BCUT2D eigenvalue weighted by Gasteiger charge is -1.96. The second kappa shape index (κ2) is 6.07. The molecule has 0 aliphatic heterocycles. The number of thioether (sulfide) groups is 1. The van der Waals surface area contributed by atoms with Crippen LogP contribution in [0, 0.1) is 0 Å². The summed E-state index contributed by atoms with van der Waals surface area (Å²) in [7, 11) is 0. The zero-order valence-corrected chi connectivity index (χ0v) is 11.9. The van der Waals surface area contributed by atoms with E-state index in [2.05, 4.69) is 15.2 Å². The molecule has 2 heterocycles. The highest BCUT2D eigenvalue weighted by atomic mass is 35.5. The summed E-state index contributed by atoms with van der Waals surface area (Å²) in [5.41, 5.74) is 0.819. The quantitative estimate of drug-likeness (QED) is 0.680. The van der Waals surface area contributed by atoms with Crippen molar-refractivity contribution in [1.82, 2.24) is 15.2 Å². The number of rotatable bonds is 4. The fourth-order valence-corrected chi connectivity index (χ4v) is 2.51. The van der Waals surface area contributed by atoms with Crippen molar-refractivity contribution in [1.29, 1.82) is 0 Å². The van der Waals surface area contributed by atoms with Crippen molar-refractivity contribution < 1.29 is 4.42 Å². The Morgan fingerprint density at radius 3 is 2.85 bits per heavy atom. The van der Waals surface area contributed by atoms with Crippen LogP contribution in [-0.4, -0.2) is 15.2 Å². The van der Waals surface area contributed by atoms with E-state index in [9.17, 15) is 0 Å². The van der Waals surface area contributed by atoms with Crippen LogP contribution >= 0.6 is 23.4 Å². The van der Waals surface area contributed by atoms with Gasteiger partial charge in [-0.1, -0.05) is 35.5 Å². The molecule has 0 amide bonds. The maximum Gasteiger partial charge on any atom is 0.247 e. The Balaban J connectivity index is 1.71. The van der Waals surface area contributed by atoms with E-state index in [4.69, 9.17) is 16.0 Å². The zero-order chi connectivity index (χ0) is 13.8. The van der Waals surface area contributed by atoms with E-state index in [0.29, 0.717) is 22.6 Å². The van der Waals surface area contributed by atoms with Gasteiger partial charge in [-0.2, -0.15) is 0 Å². The van der Waals surface area contributed by atoms with Crippen LogP contribution in [0.2, 0.25) is 5.02 Å². The zero-order valence-electron chi connectivity index (χ0n) is 10.4. The SMILES string of the molecule is Clc1cccc(-c2nnc(CSc3ccccn3)o2)c1. The van der Waals surface area contributed by atoms with Crippen LogP contribution in [0.4, 0.5) is 0 Å². The van der Waals surface area contributed by atoms with Crippen LogP contribution in [0.5, 0.6) is 0 Å². The molecule has 3 rings (SSSR count). The minimum atomic E-state index is 0.476. The van der Waals surface area contributed by atoms with Crippen LogP contribution in [0.3, 0.4) is 0 Å². The third-order valence-electron chi connectivity index (χ3n) is 2.52. The van der Waals surface area contributed by atoms with Crippen LogP contribution in [0.15, 0.2) is 58.1 Å². The summed E-state index contributed by atoms with van der Waals surface area (Å²) in [6.07, 6.45) is 1.76. The number of aromatic nitrogens is 3. The maximum atomic E-state index is 5.94. The third kappa shape index (κ3) is 3.18. The number of nitrogens with zero attached hydrogens (tertiary/aromatic N) is 3. The highest BCUT2D eigenvalue weighted by molar-refractivity contribution is 7.98. The first kappa shape index (κ1) is 13.1. The Morgan fingerprint density at radius 2 is 2.05 bits per heavy atom. The van der Waals surface area contributed by atoms with Crippen molar-refractivity contribution in [3.8, 4) is 11.5 Å². The molecule has 0 bridgehead atoms. The van der Waals surface area contributed by atoms with Gasteiger partial charge in [-0.25, -0.2) is 4.98 Å². The van der Waals surface area contributed by atoms with E-state index in [1.54, 1.807) is 30.1 Å². The summed E-state index contributed by atoms with van der Waals surface area (Å²) in [6.45, 7) is 0. The molecule has 0 unspecified atom stereocenters. The van der Waals surface area contributed by atoms with Crippen LogP contribution in [0.25, 0.3) is 11.5 Å². The molecule has 100 valence electrons. The number of halogens is 1. The normalized spacial score (nSPS) is 10.7. The summed E-state index contributed by atoms with van der Waals surface area (Å²) >= 11 is 7.49. The van der Waals surface area contributed by atoms with Gasteiger partial charge in [-0.3, -0.25) is 0 Å². The summed E-state index contributed by atoms with van der Waals surface area (Å²) < 4.78 is 5.62. The van der Waals surface area contributed by atoms with Gasteiger partial charge in [-0.05, 0) is 30.3 Å². The van der Waals surface area contributed by atoms with Gasteiger partial charge < -0.3 is 4.42 Å². The molecule has 20 heavy (non-hydrogen) atoms. The van der Waals surface area contributed by atoms with E-state index >= 15 is 0 Å². The average molecular weight is 304 g/mol. The molecule has 6 heteroatoms. The highest BCUT2D eigenvalue weighted by Gasteiger charge is 2.09. The van der Waals surface area contributed by atoms with Gasteiger partial charge >= 0.3 is 0 Å². The van der Waals surface area contributed by atoms with Crippen molar-refractivity contribution in [3.63, 3.8) is 0 Å². The van der Waals surface area contributed by atoms with Crippen LogP contribution < -0.4 is 0 Å². The summed E-state index contributed by atoms with van der Waals surface area (Å²) in [6, 6.07) is 13.1. The van der Waals surface area contributed by atoms with E-state index in [1.165, 1.54) is 0 Å². The Kier molecular flexibility index (Phi) is 3.99. The first-order valence-corrected chi connectivity index (χ1v) is 7.30. The minimum Gasteiger partial charge on any atom is -0.420 e. The number of benzene rings is 1. The molecule has 0 saturated heterocycles. The van der Waals surface area contributed by atoms with Gasteiger partial charge in [0.25, 0.3) is 0 Å². The lowest BCUT2D eigenvalue weighted by atomic mass is 10.2. The molecule has 0 atom stereocenters. The standard InChI is InChI=1S/C14H10ClN3OS/c15-11-5-3-4-10(8-11)14-18-17-12(19-14)9-20-13-6-1-2-7-16-13/h1-8H,9H2. The molecular weight excluding hydrogens is 294 g/mol. The average Bonchev–Trinajstić information content (AvgIpc) is 2.95. The molecule has 1 aromatic carbocycles. The van der Waals surface area contributed by atoms with Gasteiger partial charge in [0.1, 0.15) is 0 Å². The second-order valence-corrected chi connectivity index (χ2v) is 5.40. The molecule has 0 N–H and O–H groups in total. The fourth-order valence-electron chi connectivity index (χ4n) is 1.62. The number of pyridine rings is 1. The van der Waals surface area contributed by atoms with E-state index in [1.807, 2.05) is 30.3 Å². The largest absolute Gasteiger partial charge is 0.420 e. The van der Waals surface area contributed by atoms with E-state index in [-0.39, 0.29) is 0 Å². The van der Waals surface area contributed by atoms with Crippen LogP contribution in [-0.2, 0) is 5.75 Å². The summed E-state index contributed by atoms with van der Waals surface area (Å²) in [5.74, 6) is 1.63. The highest BCUT2D eigenvalue weighted by Crippen LogP contribution is 2.24. The van der Waals surface area contributed by atoms with Crippen molar-refractivity contribution >= 4 is 23.4 Å². The molecule has 4 nitrogen and oxygen atoms in total. The van der Waals surface area contributed by atoms with Crippen LogP contribution in [0.1, 0.15) is 5.89 Å². The van der Waals surface area contributed by atoms with Gasteiger partial charge in [0, 0.05) is 16.8 Å². The Morgan fingerprint density at radius 1 is 1.10 bits per heavy atom. The maximum absolute atomic E-state index is 5.94. The first-order valence-electron chi connectivity index (χ1n) is 5.93. The number of hydrogen-bond acceptors (Lipinski definition) is 5. The molecule has 0 spiro atoms. The third-order valence-corrected chi connectivity index (χ3v) is 3.68. The minimum absolute atomic E-state index is 0.476. The topological polar surface area (TPSA) is 51.8 Å². The molecule has 0 aliphatic carbocycles. The monoisotopic (exact) mass is 303 g/mol. The lowest BCUT2D eigenvalue weighted by molar-refractivity contribution is 0.528. The molecule has 0 saturated carbocycles. The van der Waals surface area contributed by atoms with Gasteiger partial charge in [-0.15, -0.1) is 10.2 Å². The second-order valence-electron chi connectivity index (χ2n) is 3.97. The lowest BCUT2D eigenvalue weighted by Crippen LogP contribution is -1.82. The van der Waals surface area contributed by atoms with Crippen molar-refractivity contribution in [2.75, 3.05) is 0 Å². The van der Waals surface area contributed by atoms with Crippen molar-refractivity contribution in [2.45, 2.75) is 10.8 Å². The van der Waals surface area contributed by atoms with E-state index < -0.39 is 0 Å². The first-order chi connectivity index (χ1) is 9.81. The van der Waals surface area contributed by atoms with Gasteiger partial charge in [0.15, 0.2) is 0 Å². The number of hydrogen-bond donors (Lipinski definition) is 0. The predicted molar refractivity (Wildman–Crippen MR) is 78.5 cm³/mol. The van der Waals surface area contributed by atoms with Gasteiger partial charge in [0.2, 0.25) is 11.8 Å². The Labute approximate surface area is 125 Å². The molecule has 0 aliphatic rings. The smallest absolute Gasteiger partial charge is 0.247 e.